The van der Waals surface area contributed by atoms with Gasteiger partial charge in [-0.1, -0.05) is 41.9 Å². The quantitative estimate of drug-likeness (QED) is 0.804. The van der Waals surface area contributed by atoms with E-state index in [1.807, 2.05) is 53.4 Å². The van der Waals surface area contributed by atoms with Gasteiger partial charge in [0.05, 0.1) is 5.69 Å². The molecule has 0 N–H and O–H groups in total. The lowest BCUT2D eigenvalue weighted by Gasteiger charge is -2.19. The van der Waals surface area contributed by atoms with Crippen LogP contribution >= 0.6 is 11.6 Å². The molecule has 2 aromatic carbocycles. The molecule has 1 aliphatic heterocycles. The van der Waals surface area contributed by atoms with Gasteiger partial charge in [-0.3, -0.25) is 4.79 Å². The van der Waals surface area contributed by atoms with E-state index in [-0.39, 0.29) is 5.91 Å². The van der Waals surface area contributed by atoms with Crippen LogP contribution < -0.4 is 4.90 Å². The van der Waals surface area contributed by atoms with Gasteiger partial charge in [-0.15, -0.1) is 0 Å². The molecule has 0 aliphatic carbocycles. The van der Waals surface area contributed by atoms with Crippen molar-refractivity contribution < 1.29 is 4.79 Å². The highest BCUT2D eigenvalue weighted by molar-refractivity contribution is 6.30. The van der Waals surface area contributed by atoms with Crippen molar-refractivity contribution in [1.82, 2.24) is 0 Å². The zero-order valence-electron chi connectivity index (χ0n) is 10.5. The number of nitrogens with zero attached hydrogens (tertiary/aromatic N) is 1. The van der Waals surface area contributed by atoms with Crippen LogP contribution in [0.25, 0.3) is 11.1 Å². The van der Waals surface area contributed by atoms with Gasteiger partial charge in [0, 0.05) is 23.6 Å². The van der Waals surface area contributed by atoms with E-state index in [0.717, 1.165) is 29.8 Å². The molecule has 0 radical (unpaired) electrons. The Labute approximate surface area is 117 Å². The SMILES string of the molecule is O=C1CCCN1c1ccccc1-c1cccc(Cl)c1. The second kappa shape index (κ2) is 5.06. The second-order valence-corrected chi connectivity index (χ2v) is 5.11. The van der Waals surface area contributed by atoms with E-state index in [1.54, 1.807) is 0 Å². The van der Waals surface area contributed by atoms with Gasteiger partial charge in [-0.05, 0) is 30.2 Å². The summed E-state index contributed by atoms with van der Waals surface area (Å²) in [7, 11) is 0. The number of hydrogen-bond donors (Lipinski definition) is 0. The molecule has 3 rings (SSSR count). The van der Waals surface area contributed by atoms with Gasteiger partial charge in [0.15, 0.2) is 0 Å². The van der Waals surface area contributed by atoms with Crippen LogP contribution in [-0.4, -0.2) is 12.5 Å². The summed E-state index contributed by atoms with van der Waals surface area (Å²) in [4.78, 5) is 13.8. The Morgan fingerprint density at radius 3 is 2.63 bits per heavy atom. The molecule has 96 valence electrons. The smallest absolute Gasteiger partial charge is 0.227 e. The number of anilines is 1. The Balaban J connectivity index is 2.09. The minimum atomic E-state index is 0.203. The van der Waals surface area contributed by atoms with Gasteiger partial charge in [-0.25, -0.2) is 0 Å². The summed E-state index contributed by atoms with van der Waals surface area (Å²) in [5.74, 6) is 0.203. The van der Waals surface area contributed by atoms with E-state index < -0.39 is 0 Å². The molecule has 0 aromatic heterocycles. The monoisotopic (exact) mass is 271 g/mol. The fraction of sp³-hybridized carbons (Fsp3) is 0.188. The third-order valence-electron chi connectivity index (χ3n) is 3.40. The largest absolute Gasteiger partial charge is 0.312 e. The number of para-hydroxylation sites is 1. The molecule has 0 saturated carbocycles. The number of halogens is 1. The van der Waals surface area contributed by atoms with Crippen LogP contribution in [-0.2, 0) is 4.79 Å². The van der Waals surface area contributed by atoms with Crippen molar-refractivity contribution in [3.63, 3.8) is 0 Å². The molecule has 0 atom stereocenters. The van der Waals surface area contributed by atoms with Crippen LogP contribution in [0.4, 0.5) is 5.69 Å². The molecule has 2 nitrogen and oxygen atoms in total. The van der Waals surface area contributed by atoms with Crippen LogP contribution in [0, 0.1) is 0 Å². The maximum Gasteiger partial charge on any atom is 0.227 e. The van der Waals surface area contributed by atoms with Gasteiger partial charge in [0.2, 0.25) is 5.91 Å². The molecule has 3 heteroatoms. The van der Waals surface area contributed by atoms with Crippen LogP contribution in [0.2, 0.25) is 5.02 Å². The molecule has 19 heavy (non-hydrogen) atoms. The fourth-order valence-corrected chi connectivity index (χ4v) is 2.70. The summed E-state index contributed by atoms with van der Waals surface area (Å²) >= 11 is 6.05. The average Bonchev–Trinajstić information content (AvgIpc) is 2.85. The Morgan fingerprint density at radius 2 is 1.89 bits per heavy atom. The highest BCUT2D eigenvalue weighted by Gasteiger charge is 2.23. The lowest BCUT2D eigenvalue weighted by Crippen LogP contribution is -2.24. The first-order chi connectivity index (χ1) is 9.25. The number of carbonyl (C=O) groups excluding carboxylic acids is 1. The number of amides is 1. The topological polar surface area (TPSA) is 20.3 Å². The number of hydrogen-bond acceptors (Lipinski definition) is 1. The average molecular weight is 272 g/mol. The van der Waals surface area contributed by atoms with Crippen molar-refractivity contribution >= 4 is 23.2 Å². The normalized spacial score (nSPS) is 15.0. The molecular formula is C16H14ClNO. The first kappa shape index (κ1) is 12.2. The predicted molar refractivity (Wildman–Crippen MR) is 78.5 cm³/mol. The Morgan fingerprint density at radius 1 is 1.05 bits per heavy atom. The molecule has 2 aromatic rings. The third kappa shape index (κ3) is 2.36. The van der Waals surface area contributed by atoms with Crippen molar-refractivity contribution in [1.29, 1.82) is 0 Å². The summed E-state index contributed by atoms with van der Waals surface area (Å²) in [6.07, 6.45) is 1.58. The fourth-order valence-electron chi connectivity index (χ4n) is 2.51. The predicted octanol–water partition coefficient (Wildman–Crippen LogP) is 4.13. The van der Waals surface area contributed by atoms with E-state index in [0.29, 0.717) is 11.4 Å². The van der Waals surface area contributed by atoms with Crippen LogP contribution in [0.5, 0.6) is 0 Å². The molecule has 0 spiro atoms. The maximum atomic E-state index is 11.9. The third-order valence-corrected chi connectivity index (χ3v) is 3.64. The summed E-state index contributed by atoms with van der Waals surface area (Å²) in [5.41, 5.74) is 3.08. The van der Waals surface area contributed by atoms with E-state index in [1.165, 1.54) is 0 Å². The zero-order valence-corrected chi connectivity index (χ0v) is 11.2. The Kier molecular flexibility index (Phi) is 3.26. The zero-order chi connectivity index (χ0) is 13.2. The summed E-state index contributed by atoms with van der Waals surface area (Å²) in [6, 6.07) is 15.7. The summed E-state index contributed by atoms with van der Waals surface area (Å²) < 4.78 is 0. The molecular weight excluding hydrogens is 258 g/mol. The van der Waals surface area contributed by atoms with E-state index in [4.69, 9.17) is 11.6 Å². The summed E-state index contributed by atoms with van der Waals surface area (Å²) in [5, 5.41) is 0.708. The number of rotatable bonds is 2. The van der Waals surface area contributed by atoms with E-state index in [9.17, 15) is 4.79 Å². The van der Waals surface area contributed by atoms with Crippen LogP contribution in [0.15, 0.2) is 48.5 Å². The highest BCUT2D eigenvalue weighted by atomic mass is 35.5. The molecule has 0 unspecified atom stereocenters. The first-order valence-corrected chi connectivity index (χ1v) is 6.79. The van der Waals surface area contributed by atoms with Gasteiger partial charge in [0.1, 0.15) is 0 Å². The van der Waals surface area contributed by atoms with Crippen LogP contribution in [0.1, 0.15) is 12.8 Å². The van der Waals surface area contributed by atoms with Gasteiger partial charge in [-0.2, -0.15) is 0 Å². The van der Waals surface area contributed by atoms with Crippen molar-refractivity contribution in [3.05, 3.63) is 53.6 Å². The van der Waals surface area contributed by atoms with E-state index >= 15 is 0 Å². The minimum Gasteiger partial charge on any atom is -0.312 e. The molecule has 0 bridgehead atoms. The molecule has 1 amide bonds. The lowest BCUT2D eigenvalue weighted by atomic mass is 10.0. The van der Waals surface area contributed by atoms with Crippen molar-refractivity contribution in [2.24, 2.45) is 0 Å². The first-order valence-electron chi connectivity index (χ1n) is 6.41. The molecule has 1 saturated heterocycles. The lowest BCUT2D eigenvalue weighted by molar-refractivity contribution is -0.117. The Hall–Kier alpha value is -1.80. The van der Waals surface area contributed by atoms with Crippen molar-refractivity contribution in [3.8, 4) is 11.1 Å². The summed E-state index contributed by atoms with van der Waals surface area (Å²) in [6.45, 7) is 0.802. The van der Waals surface area contributed by atoms with E-state index in [2.05, 4.69) is 0 Å². The van der Waals surface area contributed by atoms with Gasteiger partial charge < -0.3 is 4.90 Å². The maximum absolute atomic E-state index is 11.9. The van der Waals surface area contributed by atoms with Gasteiger partial charge >= 0.3 is 0 Å². The van der Waals surface area contributed by atoms with Crippen LogP contribution in [0.3, 0.4) is 0 Å². The second-order valence-electron chi connectivity index (χ2n) is 4.68. The molecule has 1 fully saturated rings. The van der Waals surface area contributed by atoms with Gasteiger partial charge in [0.25, 0.3) is 0 Å². The molecule has 1 aliphatic rings. The van der Waals surface area contributed by atoms with Crippen molar-refractivity contribution in [2.45, 2.75) is 12.8 Å². The highest BCUT2D eigenvalue weighted by Crippen LogP contribution is 2.34. The van der Waals surface area contributed by atoms with Crippen molar-refractivity contribution in [2.75, 3.05) is 11.4 Å². The Bertz CT molecular complexity index is 624. The minimum absolute atomic E-state index is 0.203. The number of benzene rings is 2. The molecule has 1 heterocycles. The standard InChI is InChI=1S/C16H14ClNO/c17-13-6-3-5-12(11-13)14-7-1-2-8-15(14)18-10-4-9-16(18)19/h1-3,5-8,11H,4,9-10H2. The number of carbonyl (C=O) groups is 1.